The molecule has 1 aliphatic heterocycles. The van der Waals surface area contributed by atoms with Gasteiger partial charge >= 0.3 is 5.97 Å². The summed E-state index contributed by atoms with van der Waals surface area (Å²) >= 11 is 0. The molecule has 1 amide bonds. The third-order valence-corrected chi connectivity index (χ3v) is 4.60. The molecule has 2 fully saturated rings. The van der Waals surface area contributed by atoms with E-state index < -0.39 is 5.97 Å². The van der Waals surface area contributed by atoms with E-state index in [-0.39, 0.29) is 18.6 Å². The molecule has 1 aliphatic carbocycles. The van der Waals surface area contributed by atoms with E-state index in [9.17, 15) is 9.59 Å². The largest absolute Gasteiger partial charge is 0.484 e. The van der Waals surface area contributed by atoms with Crippen molar-refractivity contribution >= 4 is 11.9 Å². The maximum Gasteiger partial charge on any atom is 0.337 e. The van der Waals surface area contributed by atoms with Gasteiger partial charge in [-0.15, -0.1) is 0 Å². The molecule has 6 heteroatoms. The van der Waals surface area contributed by atoms with E-state index in [1.165, 1.54) is 20.0 Å². The summed E-state index contributed by atoms with van der Waals surface area (Å²) in [6.07, 6.45) is 4.69. The minimum atomic E-state index is -0.392. The molecular formula is C18H24N2O4. The minimum absolute atomic E-state index is 0.0135. The van der Waals surface area contributed by atoms with Gasteiger partial charge in [0.1, 0.15) is 5.75 Å². The molecule has 2 aliphatic rings. The lowest BCUT2D eigenvalue weighted by atomic mass is 10.0. The summed E-state index contributed by atoms with van der Waals surface area (Å²) in [6.45, 7) is 2.14. The number of esters is 1. The number of piperidine rings is 1. The van der Waals surface area contributed by atoms with Gasteiger partial charge in [-0.2, -0.15) is 0 Å². The molecule has 6 nitrogen and oxygen atoms in total. The topological polar surface area (TPSA) is 67.9 Å². The molecule has 24 heavy (non-hydrogen) atoms. The van der Waals surface area contributed by atoms with Crippen molar-refractivity contribution in [1.82, 2.24) is 10.2 Å². The van der Waals surface area contributed by atoms with Gasteiger partial charge in [-0.3, -0.25) is 4.79 Å². The van der Waals surface area contributed by atoms with Gasteiger partial charge in [0.2, 0.25) is 0 Å². The highest BCUT2D eigenvalue weighted by Crippen LogP contribution is 2.29. The predicted molar refractivity (Wildman–Crippen MR) is 89.0 cm³/mol. The van der Waals surface area contributed by atoms with Crippen molar-refractivity contribution in [2.45, 2.75) is 37.8 Å². The summed E-state index contributed by atoms with van der Waals surface area (Å²) < 4.78 is 10.1. The second kappa shape index (κ2) is 7.66. The Labute approximate surface area is 142 Å². The number of hydrogen-bond donors (Lipinski definition) is 1. The van der Waals surface area contributed by atoms with Crippen molar-refractivity contribution in [3.05, 3.63) is 29.8 Å². The zero-order chi connectivity index (χ0) is 16.9. The highest BCUT2D eigenvalue weighted by Gasteiger charge is 2.32. The summed E-state index contributed by atoms with van der Waals surface area (Å²) in [4.78, 5) is 25.9. The van der Waals surface area contributed by atoms with Gasteiger partial charge in [0.05, 0.1) is 12.7 Å². The van der Waals surface area contributed by atoms with Crippen molar-refractivity contribution in [2.75, 3.05) is 26.8 Å². The fraction of sp³-hybridized carbons (Fsp3) is 0.556. The first-order chi connectivity index (χ1) is 11.7. The SMILES string of the molecule is COC(=O)c1ccc(OCC(=O)NC2CCN(C3CC3)CC2)cc1. The van der Waals surface area contributed by atoms with Gasteiger partial charge in [0.25, 0.3) is 5.91 Å². The van der Waals surface area contributed by atoms with E-state index in [1.807, 2.05) is 0 Å². The maximum atomic E-state index is 12.0. The Morgan fingerprint density at radius 2 is 1.79 bits per heavy atom. The van der Waals surface area contributed by atoms with Crippen LogP contribution in [-0.2, 0) is 9.53 Å². The van der Waals surface area contributed by atoms with Crippen LogP contribution in [0.4, 0.5) is 0 Å². The van der Waals surface area contributed by atoms with Crippen molar-refractivity contribution in [3.8, 4) is 5.75 Å². The van der Waals surface area contributed by atoms with E-state index in [2.05, 4.69) is 15.0 Å². The fourth-order valence-electron chi connectivity index (χ4n) is 3.07. The molecular weight excluding hydrogens is 308 g/mol. The molecule has 1 saturated heterocycles. The number of nitrogens with zero attached hydrogens (tertiary/aromatic N) is 1. The second-order valence-electron chi connectivity index (χ2n) is 6.41. The van der Waals surface area contributed by atoms with E-state index in [0.717, 1.165) is 32.0 Å². The Bertz CT molecular complexity index is 575. The first-order valence-corrected chi connectivity index (χ1v) is 8.50. The van der Waals surface area contributed by atoms with Crippen molar-refractivity contribution in [3.63, 3.8) is 0 Å². The van der Waals surface area contributed by atoms with Crippen molar-refractivity contribution in [2.24, 2.45) is 0 Å². The Morgan fingerprint density at radius 1 is 1.12 bits per heavy atom. The third kappa shape index (κ3) is 4.47. The van der Waals surface area contributed by atoms with Crippen LogP contribution in [0.25, 0.3) is 0 Å². The zero-order valence-corrected chi connectivity index (χ0v) is 14.0. The number of amides is 1. The first kappa shape index (κ1) is 16.8. The van der Waals surface area contributed by atoms with Crippen LogP contribution < -0.4 is 10.1 Å². The molecule has 3 rings (SSSR count). The van der Waals surface area contributed by atoms with Gasteiger partial charge < -0.3 is 19.7 Å². The van der Waals surface area contributed by atoms with Crippen LogP contribution in [-0.4, -0.2) is 55.7 Å². The number of methoxy groups -OCH3 is 1. The second-order valence-corrected chi connectivity index (χ2v) is 6.41. The molecule has 0 aromatic heterocycles. The number of ether oxygens (including phenoxy) is 2. The van der Waals surface area contributed by atoms with Gasteiger partial charge in [-0.1, -0.05) is 0 Å². The van der Waals surface area contributed by atoms with E-state index in [0.29, 0.717) is 11.3 Å². The summed E-state index contributed by atoms with van der Waals surface area (Å²) in [5.41, 5.74) is 0.455. The first-order valence-electron chi connectivity index (χ1n) is 8.50. The smallest absolute Gasteiger partial charge is 0.337 e. The van der Waals surface area contributed by atoms with Gasteiger partial charge in [0.15, 0.2) is 6.61 Å². The predicted octanol–water partition coefficient (Wildman–Crippen LogP) is 1.59. The van der Waals surface area contributed by atoms with Crippen molar-refractivity contribution < 1.29 is 19.1 Å². The fourth-order valence-corrected chi connectivity index (χ4v) is 3.07. The average Bonchev–Trinajstić information content (AvgIpc) is 3.45. The molecule has 0 spiro atoms. The quantitative estimate of drug-likeness (QED) is 0.802. The Hall–Kier alpha value is -2.08. The van der Waals surface area contributed by atoms with Crippen LogP contribution in [0.3, 0.4) is 0 Å². The Kier molecular flexibility index (Phi) is 5.35. The number of likely N-dealkylation sites (tertiary alicyclic amines) is 1. The number of nitrogens with one attached hydrogen (secondary N) is 1. The highest BCUT2D eigenvalue weighted by molar-refractivity contribution is 5.89. The Morgan fingerprint density at radius 3 is 2.38 bits per heavy atom. The van der Waals surface area contributed by atoms with Crippen LogP contribution in [0.15, 0.2) is 24.3 Å². The summed E-state index contributed by atoms with van der Waals surface area (Å²) in [5, 5.41) is 3.04. The molecule has 1 heterocycles. The lowest BCUT2D eigenvalue weighted by Crippen LogP contribution is -2.46. The maximum absolute atomic E-state index is 12.0. The molecule has 1 N–H and O–H groups in total. The number of rotatable bonds is 6. The van der Waals surface area contributed by atoms with Crippen LogP contribution in [0.2, 0.25) is 0 Å². The minimum Gasteiger partial charge on any atom is -0.484 e. The van der Waals surface area contributed by atoms with Gasteiger partial charge in [-0.25, -0.2) is 4.79 Å². The van der Waals surface area contributed by atoms with Crippen LogP contribution in [0.1, 0.15) is 36.0 Å². The summed E-state index contributed by atoms with van der Waals surface area (Å²) in [5.74, 6) is 0.0649. The zero-order valence-electron chi connectivity index (χ0n) is 14.0. The molecule has 1 aromatic carbocycles. The Balaban J connectivity index is 1.38. The third-order valence-electron chi connectivity index (χ3n) is 4.60. The number of hydrogen-bond acceptors (Lipinski definition) is 5. The van der Waals surface area contributed by atoms with Gasteiger partial charge in [0, 0.05) is 25.2 Å². The van der Waals surface area contributed by atoms with Crippen LogP contribution in [0.5, 0.6) is 5.75 Å². The average molecular weight is 332 g/mol. The number of carbonyl (C=O) groups excluding carboxylic acids is 2. The van der Waals surface area contributed by atoms with E-state index in [1.54, 1.807) is 24.3 Å². The summed E-state index contributed by atoms with van der Waals surface area (Å²) in [7, 11) is 1.34. The number of benzene rings is 1. The molecule has 0 unspecified atom stereocenters. The lowest BCUT2D eigenvalue weighted by Gasteiger charge is -2.32. The standard InChI is InChI=1S/C18H24N2O4/c1-23-18(22)13-2-6-16(7-3-13)24-12-17(21)19-14-8-10-20(11-9-14)15-4-5-15/h2-3,6-7,14-15H,4-5,8-12H2,1H3,(H,19,21). The molecule has 1 aromatic rings. The normalized spacial score (nSPS) is 18.9. The van der Waals surface area contributed by atoms with E-state index in [4.69, 9.17) is 4.74 Å². The molecule has 130 valence electrons. The van der Waals surface area contributed by atoms with Crippen LogP contribution in [0, 0.1) is 0 Å². The summed E-state index contributed by atoms with van der Waals surface area (Å²) in [6, 6.07) is 7.61. The molecule has 0 radical (unpaired) electrons. The lowest BCUT2D eigenvalue weighted by molar-refractivity contribution is -0.124. The number of carbonyl (C=O) groups is 2. The molecule has 0 bridgehead atoms. The van der Waals surface area contributed by atoms with Crippen LogP contribution >= 0.6 is 0 Å². The molecule has 1 saturated carbocycles. The molecule has 0 atom stereocenters. The van der Waals surface area contributed by atoms with Gasteiger partial charge in [-0.05, 0) is 49.9 Å². The van der Waals surface area contributed by atoms with Crippen molar-refractivity contribution in [1.29, 1.82) is 0 Å². The van der Waals surface area contributed by atoms with E-state index >= 15 is 0 Å². The monoisotopic (exact) mass is 332 g/mol. The highest BCUT2D eigenvalue weighted by atomic mass is 16.5.